The fourth-order valence-electron chi connectivity index (χ4n) is 2.91. The summed E-state index contributed by atoms with van der Waals surface area (Å²) in [6.07, 6.45) is 0. The summed E-state index contributed by atoms with van der Waals surface area (Å²) in [5.41, 5.74) is 3.19. The molecular weight excluding hydrogens is 286 g/mol. The third-order valence-corrected chi connectivity index (χ3v) is 4.07. The summed E-state index contributed by atoms with van der Waals surface area (Å²) in [7, 11) is 0. The quantitative estimate of drug-likeness (QED) is 0.726. The van der Waals surface area contributed by atoms with Crippen LogP contribution in [0.25, 0.3) is 11.0 Å². The molecule has 0 amide bonds. The molecule has 1 atom stereocenters. The first-order valence-electron chi connectivity index (χ1n) is 8.17. The Balaban J connectivity index is 1.91. The molecule has 0 saturated heterocycles. The Hall–Kier alpha value is -2.49. The number of nitrogens with one attached hydrogen (secondary N) is 1. The zero-order valence-corrected chi connectivity index (χ0v) is 13.9. The largest absolute Gasteiger partial charge is 0.494 e. The van der Waals surface area contributed by atoms with Crippen molar-refractivity contribution in [1.82, 2.24) is 9.97 Å². The minimum atomic E-state index is 0.172. The van der Waals surface area contributed by atoms with Gasteiger partial charge in [-0.05, 0) is 45.0 Å². The molecule has 0 radical (unpaired) electrons. The summed E-state index contributed by atoms with van der Waals surface area (Å²) in [6.45, 7) is 7.92. The summed E-state index contributed by atoms with van der Waals surface area (Å²) < 4.78 is 5.56. The number of nitrogens with zero attached hydrogens (tertiary/aromatic N) is 2. The van der Waals surface area contributed by atoms with Crippen LogP contribution in [0.5, 0.6) is 5.75 Å². The van der Waals surface area contributed by atoms with Crippen molar-refractivity contribution in [1.29, 1.82) is 0 Å². The van der Waals surface area contributed by atoms with Gasteiger partial charge >= 0.3 is 0 Å². The van der Waals surface area contributed by atoms with Gasteiger partial charge in [0.25, 0.3) is 0 Å². The zero-order valence-electron chi connectivity index (χ0n) is 13.9. The SMILES string of the molecule is CCOc1ccc2nc(C(C)N(CC)c3ccccc3)[nH]c2c1. The van der Waals surface area contributed by atoms with Gasteiger partial charge in [-0.3, -0.25) is 0 Å². The first kappa shape index (κ1) is 15.4. The molecular formula is C19H23N3O. The summed E-state index contributed by atoms with van der Waals surface area (Å²) in [5.74, 6) is 1.85. The molecule has 1 aromatic heterocycles. The van der Waals surface area contributed by atoms with E-state index in [9.17, 15) is 0 Å². The van der Waals surface area contributed by atoms with Crippen molar-refractivity contribution in [2.75, 3.05) is 18.1 Å². The average molecular weight is 309 g/mol. The smallest absolute Gasteiger partial charge is 0.129 e. The van der Waals surface area contributed by atoms with Crippen LogP contribution in [0.3, 0.4) is 0 Å². The Bertz CT molecular complexity index is 767. The topological polar surface area (TPSA) is 41.1 Å². The van der Waals surface area contributed by atoms with Crippen molar-refractivity contribution in [3.05, 3.63) is 54.4 Å². The number of benzene rings is 2. The van der Waals surface area contributed by atoms with Crippen LogP contribution in [-0.4, -0.2) is 23.1 Å². The highest BCUT2D eigenvalue weighted by atomic mass is 16.5. The second-order valence-electron chi connectivity index (χ2n) is 5.53. The van der Waals surface area contributed by atoms with Crippen molar-refractivity contribution in [3.63, 3.8) is 0 Å². The number of aromatic nitrogens is 2. The number of imidazole rings is 1. The summed E-state index contributed by atoms with van der Waals surface area (Å²) in [5, 5.41) is 0. The number of fused-ring (bicyclic) bond motifs is 1. The van der Waals surface area contributed by atoms with Crippen LogP contribution in [-0.2, 0) is 0 Å². The van der Waals surface area contributed by atoms with Gasteiger partial charge in [-0.2, -0.15) is 0 Å². The Morgan fingerprint density at radius 2 is 1.91 bits per heavy atom. The van der Waals surface area contributed by atoms with Crippen LogP contribution < -0.4 is 9.64 Å². The fraction of sp³-hybridized carbons (Fsp3) is 0.316. The summed E-state index contributed by atoms with van der Waals surface area (Å²) in [6, 6.07) is 16.6. The lowest BCUT2D eigenvalue weighted by Crippen LogP contribution is -2.27. The van der Waals surface area contributed by atoms with Crippen molar-refractivity contribution in [3.8, 4) is 5.75 Å². The first-order valence-corrected chi connectivity index (χ1v) is 8.17. The maximum Gasteiger partial charge on any atom is 0.129 e. The molecule has 0 bridgehead atoms. The zero-order chi connectivity index (χ0) is 16.2. The van der Waals surface area contributed by atoms with Crippen molar-refractivity contribution in [2.24, 2.45) is 0 Å². The van der Waals surface area contributed by atoms with E-state index >= 15 is 0 Å². The van der Waals surface area contributed by atoms with Crippen LogP contribution in [0, 0.1) is 0 Å². The van der Waals surface area contributed by atoms with Gasteiger partial charge in [-0.25, -0.2) is 4.98 Å². The van der Waals surface area contributed by atoms with E-state index in [1.807, 2.05) is 31.2 Å². The average Bonchev–Trinajstić information content (AvgIpc) is 3.00. The number of H-pyrrole nitrogens is 1. The predicted octanol–water partition coefficient (Wildman–Crippen LogP) is 4.55. The number of anilines is 1. The molecule has 0 spiro atoms. The lowest BCUT2D eigenvalue weighted by atomic mass is 10.2. The van der Waals surface area contributed by atoms with E-state index in [2.05, 4.69) is 48.0 Å². The molecule has 2 aromatic carbocycles. The normalized spacial score (nSPS) is 12.3. The predicted molar refractivity (Wildman–Crippen MR) is 95.1 cm³/mol. The molecule has 1 heterocycles. The Labute approximate surface area is 137 Å². The molecule has 4 nitrogen and oxygen atoms in total. The van der Waals surface area contributed by atoms with E-state index in [4.69, 9.17) is 9.72 Å². The molecule has 0 aliphatic heterocycles. The minimum Gasteiger partial charge on any atom is -0.494 e. The van der Waals surface area contributed by atoms with E-state index in [1.54, 1.807) is 0 Å². The standard InChI is InChI=1S/C19H23N3O/c1-4-22(15-9-7-6-8-10-15)14(3)19-20-17-12-11-16(23-5-2)13-18(17)21-19/h6-14H,4-5H2,1-3H3,(H,20,21). The molecule has 0 aliphatic carbocycles. The molecule has 120 valence electrons. The second kappa shape index (κ2) is 6.73. The highest BCUT2D eigenvalue weighted by Crippen LogP contribution is 2.27. The van der Waals surface area contributed by atoms with Gasteiger partial charge in [0.05, 0.1) is 23.7 Å². The van der Waals surface area contributed by atoms with Crippen LogP contribution in [0.2, 0.25) is 0 Å². The molecule has 1 unspecified atom stereocenters. The Morgan fingerprint density at radius 3 is 2.61 bits per heavy atom. The molecule has 0 aliphatic rings. The van der Waals surface area contributed by atoms with E-state index in [1.165, 1.54) is 5.69 Å². The van der Waals surface area contributed by atoms with E-state index < -0.39 is 0 Å². The maximum absolute atomic E-state index is 5.56. The number of aromatic amines is 1. The highest BCUT2D eigenvalue weighted by molar-refractivity contribution is 5.77. The number of para-hydroxylation sites is 1. The van der Waals surface area contributed by atoms with E-state index in [0.717, 1.165) is 29.2 Å². The Kier molecular flexibility index (Phi) is 4.51. The number of hydrogen-bond acceptors (Lipinski definition) is 3. The van der Waals surface area contributed by atoms with Crippen LogP contribution >= 0.6 is 0 Å². The number of ether oxygens (including phenoxy) is 1. The van der Waals surface area contributed by atoms with E-state index in [-0.39, 0.29) is 6.04 Å². The van der Waals surface area contributed by atoms with Gasteiger partial charge in [0.1, 0.15) is 11.6 Å². The molecule has 3 rings (SSSR count). The maximum atomic E-state index is 5.56. The van der Waals surface area contributed by atoms with Crippen molar-refractivity contribution in [2.45, 2.75) is 26.8 Å². The third kappa shape index (κ3) is 3.16. The van der Waals surface area contributed by atoms with Crippen molar-refractivity contribution < 1.29 is 4.74 Å². The molecule has 4 heteroatoms. The molecule has 0 fully saturated rings. The lowest BCUT2D eigenvalue weighted by molar-refractivity contribution is 0.340. The van der Waals surface area contributed by atoms with Crippen LogP contribution in [0.4, 0.5) is 5.69 Å². The second-order valence-corrected chi connectivity index (χ2v) is 5.53. The number of hydrogen-bond donors (Lipinski definition) is 1. The molecule has 3 aromatic rings. The highest BCUT2D eigenvalue weighted by Gasteiger charge is 2.18. The van der Waals surface area contributed by atoms with Crippen LogP contribution in [0.1, 0.15) is 32.6 Å². The summed E-state index contributed by atoms with van der Waals surface area (Å²) >= 11 is 0. The monoisotopic (exact) mass is 309 g/mol. The lowest BCUT2D eigenvalue weighted by Gasteiger charge is -2.28. The molecule has 0 saturated carbocycles. The first-order chi connectivity index (χ1) is 11.2. The van der Waals surface area contributed by atoms with Crippen molar-refractivity contribution >= 4 is 16.7 Å². The van der Waals surface area contributed by atoms with Crippen LogP contribution in [0.15, 0.2) is 48.5 Å². The van der Waals surface area contributed by atoms with Gasteiger partial charge in [0, 0.05) is 18.3 Å². The van der Waals surface area contributed by atoms with Gasteiger partial charge in [-0.15, -0.1) is 0 Å². The van der Waals surface area contributed by atoms with Gasteiger partial charge in [0.15, 0.2) is 0 Å². The van der Waals surface area contributed by atoms with Gasteiger partial charge < -0.3 is 14.6 Å². The Morgan fingerprint density at radius 1 is 1.13 bits per heavy atom. The van der Waals surface area contributed by atoms with Gasteiger partial charge in [0.2, 0.25) is 0 Å². The van der Waals surface area contributed by atoms with Gasteiger partial charge in [-0.1, -0.05) is 18.2 Å². The molecule has 23 heavy (non-hydrogen) atoms. The number of rotatable bonds is 6. The third-order valence-electron chi connectivity index (χ3n) is 4.07. The fourth-order valence-corrected chi connectivity index (χ4v) is 2.91. The van der Waals surface area contributed by atoms with E-state index in [0.29, 0.717) is 6.61 Å². The minimum absolute atomic E-state index is 0.172. The summed E-state index contributed by atoms with van der Waals surface area (Å²) in [4.78, 5) is 10.5. The molecule has 1 N–H and O–H groups in total.